The van der Waals surface area contributed by atoms with E-state index in [1.54, 1.807) is 26.0 Å². The number of nitrogens with zero attached hydrogens (tertiary/aromatic N) is 1. The van der Waals surface area contributed by atoms with E-state index in [1.807, 2.05) is 18.0 Å². The van der Waals surface area contributed by atoms with E-state index in [-0.39, 0.29) is 0 Å². The SMILES string of the molecule is CN(CC(C)(C)O)c1ccc(N)c(N)c1. The van der Waals surface area contributed by atoms with Crippen molar-refractivity contribution in [3.63, 3.8) is 0 Å². The van der Waals surface area contributed by atoms with Crippen molar-refractivity contribution in [3.8, 4) is 0 Å². The second kappa shape index (κ2) is 3.98. The molecule has 0 saturated heterocycles. The average molecular weight is 209 g/mol. The van der Waals surface area contributed by atoms with Crippen LogP contribution in [0.4, 0.5) is 17.1 Å². The predicted octanol–water partition coefficient (Wildman–Crippen LogP) is 1.06. The topological polar surface area (TPSA) is 75.5 Å². The van der Waals surface area contributed by atoms with Crippen LogP contribution in [0.1, 0.15) is 13.8 Å². The van der Waals surface area contributed by atoms with E-state index in [2.05, 4.69) is 0 Å². The highest BCUT2D eigenvalue weighted by atomic mass is 16.3. The molecule has 0 bridgehead atoms. The van der Waals surface area contributed by atoms with Crippen LogP contribution in [-0.4, -0.2) is 24.3 Å². The number of benzene rings is 1. The van der Waals surface area contributed by atoms with Crippen LogP contribution in [0.5, 0.6) is 0 Å². The number of likely N-dealkylation sites (N-methyl/N-ethyl adjacent to an activating group) is 1. The maximum Gasteiger partial charge on any atom is 0.0765 e. The molecule has 0 aliphatic rings. The maximum absolute atomic E-state index is 9.68. The third kappa shape index (κ3) is 3.32. The van der Waals surface area contributed by atoms with Crippen LogP contribution in [0.3, 0.4) is 0 Å². The molecule has 1 aromatic carbocycles. The van der Waals surface area contributed by atoms with Gasteiger partial charge in [-0.25, -0.2) is 0 Å². The van der Waals surface area contributed by atoms with Gasteiger partial charge in [0.15, 0.2) is 0 Å². The summed E-state index contributed by atoms with van der Waals surface area (Å²) in [5.41, 5.74) is 12.7. The molecule has 0 atom stereocenters. The first-order valence-corrected chi connectivity index (χ1v) is 4.88. The molecule has 0 aromatic heterocycles. The summed E-state index contributed by atoms with van der Waals surface area (Å²) in [6.07, 6.45) is 0. The summed E-state index contributed by atoms with van der Waals surface area (Å²) in [5, 5.41) is 9.68. The summed E-state index contributed by atoms with van der Waals surface area (Å²) in [6, 6.07) is 5.46. The van der Waals surface area contributed by atoms with Gasteiger partial charge in [0.2, 0.25) is 0 Å². The van der Waals surface area contributed by atoms with Crippen molar-refractivity contribution in [1.29, 1.82) is 0 Å². The number of nitrogens with two attached hydrogens (primary N) is 2. The standard InChI is InChI=1S/C11H19N3O/c1-11(2,15)7-14(3)8-4-5-9(12)10(13)6-8/h4-6,15H,7,12-13H2,1-3H3. The highest BCUT2D eigenvalue weighted by molar-refractivity contribution is 5.69. The van der Waals surface area contributed by atoms with Gasteiger partial charge in [0.25, 0.3) is 0 Å². The third-order valence-corrected chi connectivity index (χ3v) is 2.14. The van der Waals surface area contributed by atoms with Crippen LogP contribution in [-0.2, 0) is 0 Å². The molecule has 15 heavy (non-hydrogen) atoms. The van der Waals surface area contributed by atoms with E-state index in [0.717, 1.165) is 5.69 Å². The van der Waals surface area contributed by atoms with Crippen molar-refractivity contribution in [2.75, 3.05) is 30.0 Å². The smallest absolute Gasteiger partial charge is 0.0765 e. The summed E-state index contributed by atoms with van der Waals surface area (Å²) in [6.45, 7) is 4.07. The van der Waals surface area contributed by atoms with Gasteiger partial charge in [0, 0.05) is 19.3 Å². The van der Waals surface area contributed by atoms with Crippen molar-refractivity contribution >= 4 is 17.1 Å². The molecule has 1 aromatic rings. The molecule has 84 valence electrons. The van der Waals surface area contributed by atoms with Crippen LogP contribution in [0.25, 0.3) is 0 Å². The van der Waals surface area contributed by atoms with E-state index in [1.165, 1.54) is 0 Å². The van der Waals surface area contributed by atoms with Gasteiger partial charge in [0.1, 0.15) is 0 Å². The minimum Gasteiger partial charge on any atom is -0.397 e. The fraction of sp³-hybridized carbons (Fsp3) is 0.455. The molecule has 0 saturated carbocycles. The van der Waals surface area contributed by atoms with Gasteiger partial charge in [0.05, 0.1) is 17.0 Å². The lowest BCUT2D eigenvalue weighted by atomic mass is 10.1. The first kappa shape index (κ1) is 11.7. The highest BCUT2D eigenvalue weighted by Crippen LogP contribution is 2.23. The second-order valence-electron chi connectivity index (χ2n) is 4.48. The fourth-order valence-corrected chi connectivity index (χ4v) is 1.47. The van der Waals surface area contributed by atoms with E-state index in [4.69, 9.17) is 11.5 Å². The zero-order valence-corrected chi connectivity index (χ0v) is 9.49. The fourth-order valence-electron chi connectivity index (χ4n) is 1.47. The molecule has 5 N–H and O–H groups in total. The van der Waals surface area contributed by atoms with Crippen molar-refractivity contribution in [3.05, 3.63) is 18.2 Å². The minimum atomic E-state index is -0.731. The quantitative estimate of drug-likeness (QED) is 0.651. The van der Waals surface area contributed by atoms with Crippen molar-refractivity contribution in [2.24, 2.45) is 0 Å². The molecule has 0 unspecified atom stereocenters. The van der Waals surface area contributed by atoms with Crippen LogP contribution in [0, 0.1) is 0 Å². The number of anilines is 3. The highest BCUT2D eigenvalue weighted by Gasteiger charge is 2.16. The van der Waals surface area contributed by atoms with Crippen molar-refractivity contribution < 1.29 is 5.11 Å². The average Bonchev–Trinajstić information content (AvgIpc) is 2.06. The Morgan fingerprint density at radius 2 is 1.87 bits per heavy atom. The summed E-state index contributed by atoms with van der Waals surface area (Å²) >= 11 is 0. The number of aliphatic hydroxyl groups is 1. The Morgan fingerprint density at radius 1 is 1.27 bits per heavy atom. The lowest BCUT2D eigenvalue weighted by Crippen LogP contribution is -2.36. The molecule has 0 amide bonds. The van der Waals surface area contributed by atoms with Crippen LogP contribution in [0.15, 0.2) is 18.2 Å². The predicted molar refractivity (Wildman–Crippen MR) is 64.8 cm³/mol. The normalized spacial score (nSPS) is 11.5. The van der Waals surface area contributed by atoms with Gasteiger partial charge in [-0.2, -0.15) is 0 Å². The molecule has 4 heteroatoms. The molecule has 0 aliphatic heterocycles. The molecule has 1 rings (SSSR count). The zero-order chi connectivity index (χ0) is 11.6. The lowest BCUT2D eigenvalue weighted by molar-refractivity contribution is 0.0886. The number of hydrogen-bond acceptors (Lipinski definition) is 4. The van der Waals surface area contributed by atoms with Gasteiger partial charge in [-0.15, -0.1) is 0 Å². The van der Waals surface area contributed by atoms with E-state index in [0.29, 0.717) is 17.9 Å². The first-order chi connectivity index (χ1) is 6.79. The summed E-state index contributed by atoms with van der Waals surface area (Å²) in [7, 11) is 1.91. The molecule has 0 radical (unpaired) electrons. The van der Waals surface area contributed by atoms with Gasteiger partial charge >= 0.3 is 0 Å². The van der Waals surface area contributed by atoms with Gasteiger partial charge in [-0.1, -0.05) is 0 Å². The second-order valence-corrected chi connectivity index (χ2v) is 4.48. The Morgan fingerprint density at radius 3 is 2.33 bits per heavy atom. The number of nitrogen functional groups attached to an aromatic ring is 2. The molecule has 0 heterocycles. The van der Waals surface area contributed by atoms with Crippen LogP contribution >= 0.6 is 0 Å². The van der Waals surface area contributed by atoms with Crippen LogP contribution < -0.4 is 16.4 Å². The monoisotopic (exact) mass is 209 g/mol. The lowest BCUT2D eigenvalue weighted by Gasteiger charge is -2.27. The summed E-state index contributed by atoms with van der Waals surface area (Å²) < 4.78 is 0. The van der Waals surface area contributed by atoms with Crippen molar-refractivity contribution in [2.45, 2.75) is 19.4 Å². The first-order valence-electron chi connectivity index (χ1n) is 4.88. The Hall–Kier alpha value is -1.42. The summed E-state index contributed by atoms with van der Waals surface area (Å²) in [4.78, 5) is 1.94. The molecule has 0 spiro atoms. The number of hydrogen-bond donors (Lipinski definition) is 3. The van der Waals surface area contributed by atoms with Gasteiger partial charge < -0.3 is 21.5 Å². The van der Waals surface area contributed by atoms with Crippen molar-refractivity contribution in [1.82, 2.24) is 0 Å². The number of rotatable bonds is 3. The Bertz CT molecular complexity index is 344. The Balaban J connectivity index is 2.83. The Labute approximate surface area is 90.5 Å². The van der Waals surface area contributed by atoms with Gasteiger partial charge in [-0.05, 0) is 32.0 Å². The van der Waals surface area contributed by atoms with Gasteiger partial charge in [-0.3, -0.25) is 0 Å². The Kier molecular flexibility index (Phi) is 3.09. The van der Waals surface area contributed by atoms with Crippen LogP contribution in [0.2, 0.25) is 0 Å². The molecule has 0 aliphatic carbocycles. The molecular formula is C11H19N3O. The summed E-state index contributed by atoms with van der Waals surface area (Å²) in [5.74, 6) is 0. The van der Waals surface area contributed by atoms with E-state index < -0.39 is 5.60 Å². The largest absolute Gasteiger partial charge is 0.397 e. The van der Waals surface area contributed by atoms with E-state index >= 15 is 0 Å². The zero-order valence-electron chi connectivity index (χ0n) is 9.49. The molecule has 0 fully saturated rings. The minimum absolute atomic E-state index is 0.538. The van der Waals surface area contributed by atoms with E-state index in [9.17, 15) is 5.11 Å². The third-order valence-electron chi connectivity index (χ3n) is 2.14. The molecular weight excluding hydrogens is 190 g/mol. The molecule has 4 nitrogen and oxygen atoms in total. The maximum atomic E-state index is 9.68.